The van der Waals surface area contributed by atoms with Crippen molar-refractivity contribution >= 4 is 5.97 Å². The van der Waals surface area contributed by atoms with Gasteiger partial charge in [0.25, 0.3) is 0 Å². The molecule has 2 unspecified atom stereocenters. The third-order valence-corrected chi connectivity index (χ3v) is 2.77. The first-order valence-corrected chi connectivity index (χ1v) is 5.27. The molecular weight excluding hydrogens is 190 g/mol. The number of carboxylic acids is 1. The highest BCUT2D eigenvalue weighted by molar-refractivity contribution is 5.74. The monoisotopic (exact) mass is 205 g/mol. The van der Waals surface area contributed by atoms with E-state index in [1.165, 1.54) is 5.56 Å². The Balaban J connectivity index is 1.67. The number of benzene rings is 1. The highest BCUT2D eigenvalue weighted by Gasteiger charge is 2.42. The highest BCUT2D eigenvalue weighted by Crippen LogP contribution is 2.30. The van der Waals surface area contributed by atoms with Gasteiger partial charge in [-0.3, -0.25) is 4.79 Å². The van der Waals surface area contributed by atoms with Gasteiger partial charge in [-0.05, 0) is 24.9 Å². The maximum Gasteiger partial charge on any atom is 0.308 e. The van der Waals surface area contributed by atoms with Crippen LogP contribution in [-0.2, 0) is 11.2 Å². The summed E-state index contributed by atoms with van der Waals surface area (Å²) in [6.45, 7) is 0.860. The molecule has 1 fully saturated rings. The number of hydrogen-bond acceptors (Lipinski definition) is 2. The van der Waals surface area contributed by atoms with Crippen molar-refractivity contribution in [2.24, 2.45) is 5.92 Å². The molecule has 0 spiro atoms. The summed E-state index contributed by atoms with van der Waals surface area (Å²) in [7, 11) is 0. The molecule has 3 heteroatoms. The summed E-state index contributed by atoms with van der Waals surface area (Å²) in [5, 5.41) is 12.0. The molecule has 0 radical (unpaired) electrons. The van der Waals surface area contributed by atoms with E-state index in [2.05, 4.69) is 17.4 Å². The second kappa shape index (κ2) is 4.45. The smallest absolute Gasteiger partial charge is 0.308 e. The van der Waals surface area contributed by atoms with Crippen molar-refractivity contribution in [3.8, 4) is 0 Å². The van der Waals surface area contributed by atoms with Gasteiger partial charge in [0.1, 0.15) is 0 Å². The normalized spacial score (nSPS) is 23.7. The van der Waals surface area contributed by atoms with Crippen molar-refractivity contribution in [1.29, 1.82) is 0 Å². The topological polar surface area (TPSA) is 49.3 Å². The molecule has 1 aromatic carbocycles. The van der Waals surface area contributed by atoms with Crippen LogP contribution in [0.5, 0.6) is 0 Å². The number of hydrogen-bond donors (Lipinski definition) is 2. The van der Waals surface area contributed by atoms with Crippen LogP contribution >= 0.6 is 0 Å². The summed E-state index contributed by atoms with van der Waals surface area (Å²) < 4.78 is 0. The van der Waals surface area contributed by atoms with Gasteiger partial charge in [-0.15, -0.1) is 0 Å². The first-order chi connectivity index (χ1) is 7.27. The molecule has 80 valence electrons. The van der Waals surface area contributed by atoms with Gasteiger partial charge < -0.3 is 10.4 Å². The van der Waals surface area contributed by atoms with Crippen molar-refractivity contribution < 1.29 is 9.90 Å². The Morgan fingerprint density at radius 1 is 1.40 bits per heavy atom. The molecule has 0 heterocycles. The molecule has 0 amide bonds. The lowest BCUT2D eigenvalue weighted by Crippen LogP contribution is -2.23. The van der Waals surface area contributed by atoms with Crippen molar-refractivity contribution in [2.75, 3.05) is 6.54 Å². The highest BCUT2D eigenvalue weighted by atomic mass is 16.4. The van der Waals surface area contributed by atoms with E-state index < -0.39 is 5.97 Å². The molecule has 0 aromatic heterocycles. The van der Waals surface area contributed by atoms with Gasteiger partial charge >= 0.3 is 5.97 Å². The molecule has 2 N–H and O–H groups in total. The zero-order valence-electron chi connectivity index (χ0n) is 8.52. The molecule has 1 aliphatic carbocycles. The quantitative estimate of drug-likeness (QED) is 0.761. The van der Waals surface area contributed by atoms with Crippen LogP contribution in [-0.4, -0.2) is 23.7 Å². The van der Waals surface area contributed by atoms with Gasteiger partial charge in [-0.25, -0.2) is 0 Å². The van der Waals surface area contributed by atoms with E-state index in [4.69, 9.17) is 5.11 Å². The second-order valence-electron chi connectivity index (χ2n) is 3.98. The fraction of sp³-hybridized carbons (Fsp3) is 0.417. The molecule has 2 atom stereocenters. The first-order valence-electron chi connectivity index (χ1n) is 5.27. The zero-order valence-corrected chi connectivity index (χ0v) is 8.52. The average molecular weight is 205 g/mol. The van der Waals surface area contributed by atoms with Gasteiger partial charge in [0.15, 0.2) is 0 Å². The van der Waals surface area contributed by atoms with E-state index in [0.29, 0.717) is 0 Å². The van der Waals surface area contributed by atoms with Gasteiger partial charge in [-0.1, -0.05) is 30.3 Å². The summed E-state index contributed by atoms with van der Waals surface area (Å²) in [5.41, 5.74) is 1.29. The van der Waals surface area contributed by atoms with Gasteiger partial charge in [0.2, 0.25) is 0 Å². The Hall–Kier alpha value is -1.35. The molecule has 1 aromatic rings. The lowest BCUT2D eigenvalue weighted by atomic mass is 10.1. The van der Waals surface area contributed by atoms with Crippen LogP contribution in [0.3, 0.4) is 0 Å². The molecule has 0 saturated heterocycles. The van der Waals surface area contributed by atoms with Crippen molar-refractivity contribution in [1.82, 2.24) is 5.32 Å². The van der Waals surface area contributed by atoms with E-state index >= 15 is 0 Å². The molecular formula is C12H15NO2. The molecule has 3 nitrogen and oxygen atoms in total. The van der Waals surface area contributed by atoms with Crippen LogP contribution in [0.15, 0.2) is 30.3 Å². The SMILES string of the molecule is O=C(O)C1CC1NCCc1ccccc1. The predicted octanol–water partition coefficient (Wildman–Crippen LogP) is 1.29. The Bertz CT molecular complexity index is 337. The van der Waals surface area contributed by atoms with Crippen LogP contribution in [0.4, 0.5) is 0 Å². The van der Waals surface area contributed by atoms with Gasteiger partial charge in [-0.2, -0.15) is 0 Å². The van der Waals surface area contributed by atoms with Crippen LogP contribution in [0, 0.1) is 5.92 Å². The van der Waals surface area contributed by atoms with Crippen molar-refractivity contribution in [2.45, 2.75) is 18.9 Å². The molecule has 1 aliphatic rings. The lowest BCUT2D eigenvalue weighted by Gasteiger charge is -2.02. The van der Waals surface area contributed by atoms with E-state index in [0.717, 1.165) is 19.4 Å². The number of aliphatic carboxylic acids is 1. The number of carboxylic acid groups (broad SMARTS) is 1. The lowest BCUT2D eigenvalue weighted by molar-refractivity contribution is -0.138. The van der Waals surface area contributed by atoms with Crippen LogP contribution in [0.1, 0.15) is 12.0 Å². The van der Waals surface area contributed by atoms with E-state index in [-0.39, 0.29) is 12.0 Å². The van der Waals surface area contributed by atoms with E-state index in [1.54, 1.807) is 0 Å². The summed E-state index contributed by atoms with van der Waals surface area (Å²) in [4.78, 5) is 10.6. The van der Waals surface area contributed by atoms with E-state index in [9.17, 15) is 4.79 Å². The third-order valence-electron chi connectivity index (χ3n) is 2.77. The summed E-state index contributed by atoms with van der Waals surface area (Å²) >= 11 is 0. The number of rotatable bonds is 5. The summed E-state index contributed by atoms with van der Waals surface area (Å²) in [6.07, 6.45) is 1.74. The third kappa shape index (κ3) is 2.80. The largest absolute Gasteiger partial charge is 0.481 e. The Kier molecular flexibility index (Phi) is 3.02. The molecule has 1 saturated carbocycles. The standard InChI is InChI=1S/C12H15NO2/c14-12(15)10-8-11(10)13-7-6-9-4-2-1-3-5-9/h1-5,10-11,13H,6-8H2,(H,14,15). The first kappa shape index (κ1) is 10.2. The van der Waals surface area contributed by atoms with Gasteiger partial charge in [0, 0.05) is 6.04 Å². The Morgan fingerprint density at radius 2 is 2.13 bits per heavy atom. The minimum atomic E-state index is -0.674. The van der Waals surface area contributed by atoms with Crippen LogP contribution in [0.2, 0.25) is 0 Å². The predicted molar refractivity (Wildman–Crippen MR) is 57.7 cm³/mol. The van der Waals surface area contributed by atoms with Gasteiger partial charge in [0.05, 0.1) is 5.92 Å². The minimum absolute atomic E-state index is 0.152. The van der Waals surface area contributed by atoms with Crippen LogP contribution < -0.4 is 5.32 Å². The Labute approximate surface area is 89.1 Å². The molecule has 0 aliphatic heterocycles. The summed E-state index contributed by atoms with van der Waals surface area (Å²) in [5.74, 6) is -0.826. The average Bonchev–Trinajstić information content (AvgIpc) is 2.99. The minimum Gasteiger partial charge on any atom is -0.481 e. The fourth-order valence-corrected chi connectivity index (χ4v) is 1.74. The number of carbonyl (C=O) groups is 1. The van der Waals surface area contributed by atoms with Crippen molar-refractivity contribution in [3.63, 3.8) is 0 Å². The number of nitrogens with one attached hydrogen (secondary N) is 1. The molecule has 0 bridgehead atoms. The van der Waals surface area contributed by atoms with Crippen molar-refractivity contribution in [3.05, 3.63) is 35.9 Å². The summed E-state index contributed by atoms with van der Waals surface area (Å²) in [6, 6.07) is 10.4. The second-order valence-corrected chi connectivity index (χ2v) is 3.98. The maximum atomic E-state index is 10.6. The van der Waals surface area contributed by atoms with Crippen LogP contribution in [0.25, 0.3) is 0 Å². The maximum absolute atomic E-state index is 10.6. The zero-order chi connectivity index (χ0) is 10.7. The fourth-order valence-electron chi connectivity index (χ4n) is 1.74. The Morgan fingerprint density at radius 3 is 2.73 bits per heavy atom. The van der Waals surface area contributed by atoms with E-state index in [1.807, 2.05) is 18.2 Å². The molecule has 2 rings (SSSR count). The molecule has 15 heavy (non-hydrogen) atoms.